The fourth-order valence-corrected chi connectivity index (χ4v) is 1.99. The third-order valence-electron chi connectivity index (χ3n) is 3.04. The van der Waals surface area contributed by atoms with E-state index in [-0.39, 0.29) is 18.6 Å². The van der Waals surface area contributed by atoms with Crippen molar-refractivity contribution in [2.24, 2.45) is 0 Å². The minimum absolute atomic E-state index is 0.00899. The average molecular weight is 284 g/mol. The number of carbonyl (C=O) groups is 2. The highest BCUT2D eigenvalue weighted by molar-refractivity contribution is 5.98. The summed E-state index contributed by atoms with van der Waals surface area (Å²) in [6, 6.07) is 14.5. The Morgan fingerprint density at radius 2 is 1.71 bits per heavy atom. The molecule has 0 saturated carbocycles. The number of rotatable bonds is 6. The fraction of sp³-hybridized carbons (Fsp3) is 0.176. The molecular weight excluding hydrogens is 268 g/mol. The summed E-state index contributed by atoms with van der Waals surface area (Å²) < 4.78 is 5.69. The van der Waals surface area contributed by atoms with E-state index < -0.39 is 5.97 Å². The monoisotopic (exact) mass is 284 g/mol. The Morgan fingerprint density at radius 1 is 1.00 bits per heavy atom. The Hall–Kier alpha value is -2.62. The van der Waals surface area contributed by atoms with E-state index in [4.69, 9.17) is 9.84 Å². The molecule has 2 aromatic carbocycles. The van der Waals surface area contributed by atoms with Crippen LogP contribution in [0.15, 0.2) is 48.5 Å². The van der Waals surface area contributed by atoms with Crippen LogP contribution in [0.2, 0.25) is 0 Å². The number of benzene rings is 2. The number of hydrogen-bond acceptors (Lipinski definition) is 3. The topological polar surface area (TPSA) is 63.6 Å². The van der Waals surface area contributed by atoms with Gasteiger partial charge >= 0.3 is 5.97 Å². The maximum absolute atomic E-state index is 11.9. The first-order valence-corrected chi connectivity index (χ1v) is 6.65. The first kappa shape index (κ1) is 14.8. The van der Waals surface area contributed by atoms with Gasteiger partial charge in [0.15, 0.2) is 5.78 Å². The molecule has 0 aliphatic heterocycles. The zero-order chi connectivity index (χ0) is 15.2. The maximum atomic E-state index is 11.9. The number of carbonyl (C=O) groups excluding carboxylic acids is 1. The lowest BCUT2D eigenvalue weighted by Crippen LogP contribution is -2.05. The largest absolute Gasteiger partial charge is 0.481 e. The Bertz CT molecular complexity index is 647. The highest BCUT2D eigenvalue weighted by Crippen LogP contribution is 2.24. The van der Waals surface area contributed by atoms with Gasteiger partial charge < -0.3 is 9.84 Å². The molecule has 0 bridgehead atoms. The molecule has 0 aliphatic carbocycles. The van der Waals surface area contributed by atoms with Gasteiger partial charge in [-0.3, -0.25) is 9.59 Å². The van der Waals surface area contributed by atoms with Crippen molar-refractivity contribution in [3.8, 4) is 11.5 Å². The Kier molecular flexibility index (Phi) is 4.72. The Balaban J connectivity index is 2.10. The molecule has 4 heteroatoms. The van der Waals surface area contributed by atoms with Gasteiger partial charge in [0.1, 0.15) is 11.5 Å². The summed E-state index contributed by atoms with van der Waals surface area (Å²) in [4.78, 5) is 22.4. The second-order valence-corrected chi connectivity index (χ2v) is 4.71. The number of aliphatic carboxylic acids is 1. The highest BCUT2D eigenvalue weighted by Gasteiger charge is 2.12. The lowest BCUT2D eigenvalue weighted by molar-refractivity contribution is -0.136. The molecule has 0 aromatic heterocycles. The minimum Gasteiger partial charge on any atom is -0.481 e. The number of carboxylic acid groups (broad SMARTS) is 1. The van der Waals surface area contributed by atoms with E-state index in [2.05, 4.69) is 0 Å². The van der Waals surface area contributed by atoms with Crippen molar-refractivity contribution in [3.63, 3.8) is 0 Å². The fourth-order valence-electron chi connectivity index (χ4n) is 1.99. The standard InChI is InChI=1S/C17H16O4/c1-12-11-14(21-13-5-3-2-4-6-13)7-8-15(12)16(18)9-10-17(19)20/h2-8,11H,9-10H2,1H3,(H,19,20). The number of hydrogen-bond donors (Lipinski definition) is 1. The molecule has 0 spiro atoms. The lowest BCUT2D eigenvalue weighted by atomic mass is 10.0. The predicted octanol–water partition coefficient (Wildman–Crippen LogP) is 3.83. The van der Waals surface area contributed by atoms with Crippen LogP contribution in [0, 0.1) is 6.92 Å². The van der Waals surface area contributed by atoms with Crippen molar-refractivity contribution in [3.05, 3.63) is 59.7 Å². The van der Waals surface area contributed by atoms with Gasteiger partial charge in [-0.05, 0) is 42.8 Å². The zero-order valence-corrected chi connectivity index (χ0v) is 11.7. The van der Waals surface area contributed by atoms with Gasteiger partial charge in [0.2, 0.25) is 0 Å². The molecule has 0 atom stereocenters. The first-order chi connectivity index (χ1) is 10.1. The predicted molar refractivity (Wildman–Crippen MR) is 78.9 cm³/mol. The number of ether oxygens (including phenoxy) is 1. The van der Waals surface area contributed by atoms with Crippen LogP contribution in [0.4, 0.5) is 0 Å². The SMILES string of the molecule is Cc1cc(Oc2ccccc2)ccc1C(=O)CCC(=O)O. The van der Waals surface area contributed by atoms with E-state index in [1.54, 1.807) is 18.2 Å². The van der Waals surface area contributed by atoms with Crippen molar-refractivity contribution < 1.29 is 19.4 Å². The summed E-state index contributed by atoms with van der Waals surface area (Å²) in [6.07, 6.45) is -0.143. The molecule has 108 valence electrons. The van der Waals surface area contributed by atoms with Crippen molar-refractivity contribution >= 4 is 11.8 Å². The van der Waals surface area contributed by atoms with Crippen LogP contribution < -0.4 is 4.74 Å². The summed E-state index contributed by atoms with van der Waals surface area (Å²) in [5.41, 5.74) is 1.32. The van der Waals surface area contributed by atoms with E-state index >= 15 is 0 Å². The molecule has 0 amide bonds. The van der Waals surface area contributed by atoms with Gasteiger partial charge in [-0.1, -0.05) is 18.2 Å². The summed E-state index contributed by atoms with van der Waals surface area (Å²) in [5.74, 6) is 0.238. The van der Waals surface area contributed by atoms with E-state index in [1.807, 2.05) is 37.3 Å². The summed E-state index contributed by atoms with van der Waals surface area (Å²) >= 11 is 0. The Morgan fingerprint density at radius 3 is 2.33 bits per heavy atom. The van der Waals surface area contributed by atoms with Crippen LogP contribution in [0.5, 0.6) is 11.5 Å². The second kappa shape index (κ2) is 6.70. The van der Waals surface area contributed by atoms with Gasteiger partial charge in [-0.15, -0.1) is 0 Å². The molecule has 0 aliphatic rings. The highest BCUT2D eigenvalue weighted by atomic mass is 16.5. The number of ketones is 1. The normalized spacial score (nSPS) is 10.1. The van der Waals surface area contributed by atoms with Crippen LogP contribution in [-0.2, 0) is 4.79 Å². The van der Waals surface area contributed by atoms with Crippen LogP contribution in [0.25, 0.3) is 0 Å². The molecule has 2 aromatic rings. The van der Waals surface area contributed by atoms with Gasteiger partial charge in [0.25, 0.3) is 0 Å². The van der Waals surface area contributed by atoms with E-state index in [1.165, 1.54) is 0 Å². The number of Topliss-reactive ketones (excluding diaryl/α,β-unsaturated/α-hetero) is 1. The molecular formula is C17H16O4. The molecule has 0 saturated heterocycles. The van der Waals surface area contributed by atoms with Crippen molar-refractivity contribution in [1.29, 1.82) is 0 Å². The van der Waals surface area contributed by atoms with Crippen LogP contribution in [-0.4, -0.2) is 16.9 Å². The van der Waals surface area contributed by atoms with Crippen LogP contribution in [0.3, 0.4) is 0 Å². The van der Waals surface area contributed by atoms with Gasteiger partial charge in [0, 0.05) is 12.0 Å². The summed E-state index contributed by atoms with van der Waals surface area (Å²) in [5, 5.41) is 8.61. The Labute approximate surface area is 123 Å². The summed E-state index contributed by atoms with van der Waals surface area (Å²) in [6.45, 7) is 1.81. The maximum Gasteiger partial charge on any atom is 0.303 e. The molecule has 4 nitrogen and oxygen atoms in total. The third-order valence-corrected chi connectivity index (χ3v) is 3.04. The smallest absolute Gasteiger partial charge is 0.303 e. The van der Waals surface area contributed by atoms with Crippen molar-refractivity contribution in [2.75, 3.05) is 0 Å². The second-order valence-electron chi connectivity index (χ2n) is 4.71. The van der Waals surface area contributed by atoms with E-state index in [0.29, 0.717) is 11.3 Å². The van der Waals surface area contributed by atoms with Crippen molar-refractivity contribution in [1.82, 2.24) is 0 Å². The molecule has 1 N–H and O–H groups in total. The average Bonchev–Trinajstić information content (AvgIpc) is 2.46. The number of para-hydroxylation sites is 1. The van der Waals surface area contributed by atoms with Gasteiger partial charge in [-0.25, -0.2) is 0 Å². The number of aryl methyl sites for hydroxylation is 1. The summed E-state index contributed by atoms with van der Waals surface area (Å²) in [7, 11) is 0. The molecule has 0 unspecified atom stereocenters. The number of carboxylic acids is 1. The molecule has 0 heterocycles. The van der Waals surface area contributed by atoms with Crippen LogP contribution in [0.1, 0.15) is 28.8 Å². The molecule has 0 fully saturated rings. The van der Waals surface area contributed by atoms with Gasteiger partial charge in [-0.2, -0.15) is 0 Å². The van der Waals surface area contributed by atoms with E-state index in [9.17, 15) is 9.59 Å². The molecule has 21 heavy (non-hydrogen) atoms. The third kappa shape index (κ3) is 4.18. The first-order valence-electron chi connectivity index (χ1n) is 6.65. The van der Waals surface area contributed by atoms with Crippen molar-refractivity contribution in [2.45, 2.75) is 19.8 Å². The zero-order valence-electron chi connectivity index (χ0n) is 11.7. The van der Waals surface area contributed by atoms with Gasteiger partial charge in [0.05, 0.1) is 6.42 Å². The minimum atomic E-state index is -0.968. The quantitative estimate of drug-likeness (QED) is 0.819. The molecule has 2 rings (SSSR count). The van der Waals surface area contributed by atoms with E-state index in [0.717, 1.165) is 11.3 Å². The lowest BCUT2D eigenvalue weighted by Gasteiger charge is -2.09. The molecule has 0 radical (unpaired) electrons. The van der Waals surface area contributed by atoms with Crippen LogP contribution >= 0.6 is 0 Å².